The van der Waals surface area contributed by atoms with Gasteiger partial charge in [0, 0.05) is 18.8 Å². The zero-order valence-electron chi connectivity index (χ0n) is 17.8. The topological polar surface area (TPSA) is 92.4 Å². The lowest BCUT2D eigenvalue weighted by Crippen LogP contribution is -2.32. The predicted octanol–water partition coefficient (Wildman–Crippen LogP) is 2.39. The molecule has 30 heavy (non-hydrogen) atoms. The van der Waals surface area contributed by atoms with E-state index in [4.69, 9.17) is 4.74 Å². The third-order valence-electron chi connectivity index (χ3n) is 5.34. The fourth-order valence-electron chi connectivity index (χ4n) is 3.88. The number of rotatable bonds is 7. The second kappa shape index (κ2) is 9.69. The molecule has 0 spiro atoms. The van der Waals surface area contributed by atoms with Gasteiger partial charge in [0.2, 0.25) is 0 Å². The van der Waals surface area contributed by atoms with Gasteiger partial charge in [-0.3, -0.25) is 9.59 Å². The second-order valence-electron chi connectivity index (χ2n) is 8.37. The largest absolute Gasteiger partial charge is 0.469 e. The van der Waals surface area contributed by atoms with Crippen LogP contribution >= 0.6 is 0 Å². The molecule has 1 aliphatic heterocycles. The van der Waals surface area contributed by atoms with Gasteiger partial charge in [-0.05, 0) is 48.3 Å². The molecule has 1 saturated heterocycles. The fourth-order valence-corrected chi connectivity index (χ4v) is 3.88. The number of ether oxygens (including phenoxy) is 1. The number of carbonyl (C=O) groups excluding carboxylic acids is 2. The van der Waals surface area contributed by atoms with Gasteiger partial charge >= 0.3 is 11.7 Å². The molecule has 3 rings (SSSR count). The van der Waals surface area contributed by atoms with Gasteiger partial charge < -0.3 is 14.6 Å². The predicted molar refractivity (Wildman–Crippen MR) is 113 cm³/mol. The molecule has 2 aromatic rings. The number of aromatic nitrogens is 2. The molecule has 1 atom stereocenters. The molecule has 1 aromatic carbocycles. The van der Waals surface area contributed by atoms with Crippen molar-refractivity contribution in [1.29, 1.82) is 0 Å². The van der Waals surface area contributed by atoms with Gasteiger partial charge in [0.1, 0.15) is 5.69 Å². The third kappa shape index (κ3) is 5.78. The van der Waals surface area contributed by atoms with Crippen molar-refractivity contribution >= 4 is 11.9 Å². The molecule has 1 unspecified atom stereocenters. The maximum atomic E-state index is 12.9. The molecule has 7 nitrogen and oxygen atoms in total. The monoisotopic (exact) mass is 411 g/mol. The lowest BCUT2D eigenvalue weighted by atomic mass is 9.97. The van der Waals surface area contributed by atoms with Gasteiger partial charge in [-0.15, -0.1) is 0 Å². The van der Waals surface area contributed by atoms with Gasteiger partial charge in [0.15, 0.2) is 0 Å². The highest BCUT2D eigenvalue weighted by molar-refractivity contribution is 5.92. The van der Waals surface area contributed by atoms with Crippen LogP contribution in [0.15, 0.2) is 35.1 Å². The Labute approximate surface area is 176 Å². The zero-order chi connectivity index (χ0) is 21.7. The lowest BCUT2D eigenvalue weighted by Gasteiger charge is -2.16. The first-order valence-electron chi connectivity index (χ1n) is 10.4. The smallest absolute Gasteiger partial charge is 0.345 e. The fraction of sp³-hybridized carbons (Fsp3) is 0.478. The van der Waals surface area contributed by atoms with Crippen molar-refractivity contribution < 1.29 is 14.3 Å². The molecule has 1 aromatic heterocycles. The van der Waals surface area contributed by atoms with Crippen LogP contribution in [-0.2, 0) is 28.8 Å². The molecule has 2 heterocycles. The number of amides is 1. The summed E-state index contributed by atoms with van der Waals surface area (Å²) in [6.45, 7) is 5.44. The van der Waals surface area contributed by atoms with E-state index >= 15 is 0 Å². The minimum Gasteiger partial charge on any atom is -0.469 e. The number of carbonyl (C=O) groups is 2. The number of likely N-dealkylation sites (tertiary alicyclic amines) is 1. The van der Waals surface area contributed by atoms with Crippen LogP contribution in [0.3, 0.4) is 0 Å². The summed E-state index contributed by atoms with van der Waals surface area (Å²) in [7, 11) is 1.38. The van der Waals surface area contributed by atoms with E-state index in [1.165, 1.54) is 12.7 Å². The van der Waals surface area contributed by atoms with E-state index in [0.717, 1.165) is 24.1 Å². The summed E-state index contributed by atoms with van der Waals surface area (Å²) >= 11 is 0. The molecule has 0 saturated carbocycles. The molecular formula is C23H29N3O4. The van der Waals surface area contributed by atoms with Crippen molar-refractivity contribution in [2.24, 2.45) is 11.8 Å². The van der Waals surface area contributed by atoms with Crippen molar-refractivity contribution in [2.75, 3.05) is 20.2 Å². The van der Waals surface area contributed by atoms with Gasteiger partial charge in [0.05, 0.1) is 13.5 Å². The molecule has 7 heteroatoms. The number of hydrogen-bond acceptors (Lipinski definition) is 5. The molecule has 1 amide bonds. The Morgan fingerprint density at radius 3 is 2.60 bits per heavy atom. The Kier molecular flexibility index (Phi) is 7.03. The molecule has 0 bridgehead atoms. The highest BCUT2D eigenvalue weighted by Crippen LogP contribution is 2.22. The molecule has 1 N–H and O–H groups in total. The molecule has 1 fully saturated rings. The average Bonchev–Trinajstić information content (AvgIpc) is 3.16. The normalized spacial score (nSPS) is 16.1. The molecule has 1 aliphatic rings. The summed E-state index contributed by atoms with van der Waals surface area (Å²) in [5.74, 6) is 0.304. The number of benzene rings is 1. The quantitative estimate of drug-likeness (QED) is 0.706. The number of nitrogens with one attached hydrogen (secondary N) is 1. The van der Waals surface area contributed by atoms with Crippen molar-refractivity contribution in [3.63, 3.8) is 0 Å². The van der Waals surface area contributed by atoms with Crippen LogP contribution in [0.25, 0.3) is 0 Å². The highest BCUT2D eigenvalue weighted by Gasteiger charge is 2.28. The first-order valence-corrected chi connectivity index (χ1v) is 10.4. The molecule has 0 radical (unpaired) electrons. The van der Waals surface area contributed by atoms with Crippen molar-refractivity contribution in [1.82, 2.24) is 14.9 Å². The number of nitrogens with zero attached hydrogens (tertiary/aromatic N) is 2. The minimum absolute atomic E-state index is 0.179. The number of methoxy groups -OCH3 is 1. The Morgan fingerprint density at radius 1 is 1.23 bits per heavy atom. The van der Waals surface area contributed by atoms with E-state index in [1.54, 1.807) is 11.0 Å². The summed E-state index contributed by atoms with van der Waals surface area (Å²) in [5, 5.41) is 0. The van der Waals surface area contributed by atoms with Crippen molar-refractivity contribution in [3.8, 4) is 0 Å². The van der Waals surface area contributed by atoms with Crippen LogP contribution in [0, 0.1) is 11.8 Å². The maximum Gasteiger partial charge on any atom is 0.345 e. The lowest BCUT2D eigenvalue weighted by molar-refractivity contribution is -0.139. The minimum atomic E-state index is -0.473. The van der Waals surface area contributed by atoms with Gasteiger partial charge in [-0.25, -0.2) is 4.79 Å². The third-order valence-corrected chi connectivity index (χ3v) is 5.34. The zero-order valence-corrected chi connectivity index (χ0v) is 17.8. The summed E-state index contributed by atoms with van der Waals surface area (Å²) in [6, 6.07) is 9.65. The van der Waals surface area contributed by atoms with Gasteiger partial charge in [0.25, 0.3) is 5.91 Å². The van der Waals surface area contributed by atoms with Crippen LogP contribution in [-0.4, -0.2) is 46.9 Å². The van der Waals surface area contributed by atoms with Crippen LogP contribution < -0.4 is 5.69 Å². The Bertz CT molecular complexity index is 950. The maximum absolute atomic E-state index is 12.9. The molecule has 160 valence electrons. The highest BCUT2D eigenvalue weighted by atomic mass is 16.5. The second-order valence-corrected chi connectivity index (χ2v) is 8.37. The standard InChI is InChI=1S/C23H29N3O4/c1-15(2)10-19-13-20(25-23(29)24-19)22(28)26-9-8-18(14-26)11-16-4-6-17(7-5-16)12-21(27)30-3/h4-7,13,15,18H,8-12,14H2,1-3H3,(H,24,25,29). The SMILES string of the molecule is COC(=O)Cc1ccc(CC2CCN(C(=O)c3cc(CC(C)C)[nH]c(=O)n3)C2)cc1. The van der Waals surface area contributed by atoms with E-state index in [9.17, 15) is 14.4 Å². The van der Waals surface area contributed by atoms with E-state index in [-0.39, 0.29) is 24.0 Å². The summed E-state index contributed by atoms with van der Waals surface area (Å²) < 4.78 is 4.69. The van der Waals surface area contributed by atoms with Crippen molar-refractivity contribution in [3.05, 3.63) is 63.3 Å². The molecule has 0 aliphatic carbocycles. The molecular weight excluding hydrogens is 382 g/mol. The van der Waals surface area contributed by atoms with E-state index in [0.29, 0.717) is 31.3 Å². The van der Waals surface area contributed by atoms with Crippen LogP contribution in [0.5, 0.6) is 0 Å². The van der Waals surface area contributed by atoms with Gasteiger partial charge in [-0.1, -0.05) is 38.1 Å². The Morgan fingerprint density at radius 2 is 1.93 bits per heavy atom. The summed E-state index contributed by atoms with van der Waals surface area (Å²) in [4.78, 5) is 44.5. The van der Waals surface area contributed by atoms with Crippen LogP contribution in [0.2, 0.25) is 0 Å². The van der Waals surface area contributed by atoms with E-state index in [2.05, 4.69) is 23.8 Å². The number of aromatic amines is 1. The average molecular weight is 412 g/mol. The van der Waals surface area contributed by atoms with Crippen LogP contribution in [0.4, 0.5) is 0 Å². The number of H-pyrrole nitrogens is 1. The summed E-state index contributed by atoms with van der Waals surface area (Å²) in [6.07, 6.45) is 2.75. The van der Waals surface area contributed by atoms with Crippen LogP contribution in [0.1, 0.15) is 47.6 Å². The number of hydrogen-bond donors (Lipinski definition) is 1. The Balaban J connectivity index is 1.60. The first-order chi connectivity index (χ1) is 14.3. The number of esters is 1. The summed E-state index contributed by atoms with van der Waals surface area (Å²) in [5.41, 5.74) is 2.60. The van der Waals surface area contributed by atoms with Gasteiger partial charge in [-0.2, -0.15) is 4.98 Å². The van der Waals surface area contributed by atoms with E-state index < -0.39 is 5.69 Å². The first kappa shape index (κ1) is 21.7. The Hall–Kier alpha value is -2.96. The van der Waals surface area contributed by atoms with Crippen molar-refractivity contribution in [2.45, 2.75) is 39.5 Å². The van der Waals surface area contributed by atoms with E-state index in [1.807, 2.05) is 24.3 Å².